The smallest absolute Gasteiger partial charge is 0.141 e. The molecule has 0 heterocycles. The van der Waals surface area contributed by atoms with Crippen LogP contribution in [0.15, 0.2) is 42.5 Å². The average molecular weight is 229 g/mol. The number of phenols is 1. The van der Waals surface area contributed by atoms with Crippen molar-refractivity contribution in [2.45, 2.75) is 13.3 Å². The topological polar surface area (TPSA) is 55.5 Å². The molecule has 3 nitrogen and oxygen atoms in total. The predicted octanol–water partition coefficient (Wildman–Crippen LogP) is 3.33. The molecule has 0 saturated carbocycles. The number of ether oxygens (including phenoxy) is 1. The van der Waals surface area contributed by atoms with Crippen LogP contribution in [0.5, 0.6) is 17.2 Å². The van der Waals surface area contributed by atoms with Crippen molar-refractivity contribution in [1.29, 1.82) is 0 Å². The first-order valence-electron chi connectivity index (χ1n) is 5.55. The van der Waals surface area contributed by atoms with Crippen molar-refractivity contribution >= 4 is 5.69 Å². The van der Waals surface area contributed by atoms with Crippen LogP contribution in [0.3, 0.4) is 0 Å². The Bertz CT molecular complexity index is 509. The van der Waals surface area contributed by atoms with E-state index >= 15 is 0 Å². The highest BCUT2D eigenvalue weighted by Gasteiger charge is 2.07. The van der Waals surface area contributed by atoms with Crippen LogP contribution in [-0.4, -0.2) is 5.11 Å². The van der Waals surface area contributed by atoms with Crippen LogP contribution in [0.1, 0.15) is 12.5 Å². The van der Waals surface area contributed by atoms with Crippen LogP contribution in [0.25, 0.3) is 0 Å². The minimum absolute atomic E-state index is 0.146. The van der Waals surface area contributed by atoms with E-state index in [1.807, 2.05) is 37.3 Å². The molecule has 3 heteroatoms. The van der Waals surface area contributed by atoms with Gasteiger partial charge >= 0.3 is 0 Å². The van der Waals surface area contributed by atoms with Gasteiger partial charge in [-0.2, -0.15) is 0 Å². The molecule has 17 heavy (non-hydrogen) atoms. The van der Waals surface area contributed by atoms with Crippen molar-refractivity contribution in [2.24, 2.45) is 0 Å². The van der Waals surface area contributed by atoms with Gasteiger partial charge in [-0.1, -0.05) is 25.1 Å². The fraction of sp³-hybridized carbons (Fsp3) is 0.143. The van der Waals surface area contributed by atoms with E-state index in [4.69, 9.17) is 10.5 Å². The molecule has 2 aromatic carbocycles. The van der Waals surface area contributed by atoms with Gasteiger partial charge in [-0.15, -0.1) is 0 Å². The molecule has 2 rings (SSSR count). The number of benzene rings is 2. The third-order valence-electron chi connectivity index (χ3n) is 2.55. The Morgan fingerprint density at radius 1 is 1.12 bits per heavy atom. The molecule has 0 radical (unpaired) electrons. The maximum atomic E-state index is 9.71. The minimum atomic E-state index is 0.146. The Balaban J connectivity index is 2.31. The van der Waals surface area contributed by atoms with Crippen LogP contribution in [0, 0.1) is 0 Å². The molecule has 0 aromatic heterocycles. The molecular formula is C14H15NO2. The number of nitrogen functional groups attached to an aromatic ring is 1. The normalized spacial score (nSPS) is 10.2. The van der Waals surface area contributed by atoms with Crippen LogP contribution >= 0.6 is 0 Å². The standard InChI is InChI=1S/C14H15NO2/c1-2-10-8-12(9-13(15)14(10)16)17-11-6-4-3-5-7-11/h3-9,16H,2,15H2,1H3. The zero-order valence-corrected chi connectivity index (χ0v) is 9.68. The average Bonchev–Trinajstić information content (AvgIpc) is 2.35. The van der Waals surface area contributed by atoms with E-state index < -0.39 is 0 Å². The summed E-state index contributed by atoms with van der Waals surface area (Å²) in [6.45, 7) is 1.96. The first-order chi connectivity index (χ1) is 8.20. The Kier molecular flexibility index (Phi) is 3.19. The van der Waals surface area contributed by atoms with Crippen LogP contribution < -0.4 is 10.5 Å². The van der Waals surface area contributed by atoms with Gasteiger partial charge < -0.3 is 15.6 Å². The van der Waals surface area contributed by atoms with Crippen LogP contribution in [-0.2, 0) is 6.42 Å². The summed E-state index contributed by atoms with van der Waals surface area (Å²) in [7, 11) is 0. The summed E-state index contributed by atoms with van der Waals surface area (Å²) in [5.74, 6) is 1.54. The molecule has 0 unspecified atom stereocenters. The maximum absolute atomic E-state index is 9.71. The lowest BCUT2D eigenvalue weighted by Gasteiger charge is -2.10. The summed E-state index contributed by atoms with van der Waals surface area (Å²) < 4.78 is 5.67. The highest BCUT2D eigenvalue weighted by molar-refractivity contribution is 5.60. The summed E-state index contributed by atoms with van der Waals surface area (Å²) in [5.41, 5.74) is 6.85. The highest BCUT2D eigenvalue weighted by Crippen LogP contribution is 2.32. The van der Waals surface area contributed by atoms with Gasteiger partial charge in [-0.05, 0) is 30.2 Å². The van der Waals surface area contributed by atoms with Gasteiger partial charge in [0.25, 0.3) is 0 Å². The number of para-hydroxylation sites is 1. The van der Waals surface area contributed by atoms with Crippen molar-refractivity contribution in [3.8, 4) is 17.2 Å². The molecule has 0 bridgehead atoms. The van der Waals surface area contributed by atoms with Crippen LogP contribution in [0.2, 0.25) is 0 Å². The SMILES string of the molecule is CCc1cc(Oc2ccccc2)cc(N)c1O. The van der Waals surface area contributed by atoms with Gasteiger partial charge in [0, 0.05) is 6.07 Å². The van der Waals surface area contributed by atoms with E-state index in [9.17, 15) is 5.11 Å². The molecule has 3 N–H and O–H groups in total. The Hall–Kier alpha value is -2.16. The number of hydrogen-bond donors (Lipinski definition) is 2. The Morgan fingerprint density at radius 3 is 2.47 bits per heavy atom. The van der Waals surface area contributed by atoms with E-state index in [1.165, 1.54) is 0 Å². The lowest BCUT2D eigenvalue weighted by molar-refractivity contribution is 0.461. The summed E-state index contributed by atoms with van der Waals surface area (Å²) in [4.78, 5) is 0. The van der Waals surface area contributed by atoms with E-state index in [-0.39, 0.29) is 5.75 Å². The molecule has 0 aliphatic carbocycles. The second-order valence-electron chi connectivity index (χ2n) is 3.79. The second-order valence-corrected chi connectivity index (χ2v) is 3.79. The number of aryl methyl sites for hydroxylation is 1. The molecule has 0 aliphatic rings. The van der Waals surface area contributed by atoms with Gasteiger partial charge in [-0.25, -0.2) is 0 Å². The third-order valence-corrected chi connectivity index (χ3v) is 2.55. The van der Waals surface area contributed by atoms with E-state index in [0.717, 1.165) is 11.3 Å². The molecule has 2 aromatic rings. The fourth-order valence-corrected chi connectivity index (χ4v) is 1.64. The van der Waals surface area contributed by atoms with E-state index in [2.05, 4.69) is 0 Å². The molecule has 0 aliphatic heterocycles. The summed E-state index contributed by atoms with van der Waals surface area (Å²) in [6, 6.07) is 12.9. The molecule has 0 amide bonds. The van der Waals surface area contributed by atoms with E-state index in [0.29, 0.717) is 17.9 Å². The van der Waals surface area contributed by atoms with Gasteiger partial charge in [0.15, 0.2) is 0 Å². The van der Waals surface area contributed by atoms with Gasteiger partial charge in [0.1, 0.15) is 17.2 Å². The van der Waals surface area contributed by atoms with Crippen molar-refractivity contribution in [3.05, 3.63) is 48.0 Å². The molecule has 88 valence electrons. The van der Waals surface area contributed by atoms with Crippen molar-refractivity contribution in [3.63, 3.8) is 0 Å². The van der Waals surface area contributed by atoms with Gasteiger partial charge in [-0.3, -0.25) is 0 Å². The highest BCUT2D eigenvalue weighted by atomic mass is 16.5. The largest absolute Gasteiger partial charge is 0.505 e. The number of nitrogens with two attached hydrogens (primary N) is 1. The van der Waals surface area contributed by atoms with Crippen LogP contribution in [0.4, 0.5) is 5.69 Å². The zero-order chi connectivity index (χ0) is 12.3. The number of hydrogen-bond acceptors (Lipinski definition) is 3. The van der Waals surface area contributed by atoms with Crippen molar-refractivity contribution < 1.29 is 9.84 Å². The fourth-order valence-electron chi connectivity index (χ4n) is 1.64. The zero-order valence-electron chi connectivity index (χ0n) is 9.68. The molecule has 0 atom stereocenters. The molecular weight excluding hydrogens is 214 g/mol. The quantitative estimate of drug-likeness (QED) is 0.627. The summed E-state index contributed by atoms with van der Waals surface area (Å²) in [5, 5.41) is 9.71. The van der Waals surface area contributed by atoms with Gasteiger partial charge in [0.2, 0.25) is 0 Å². The number of aromatic hydroxyl groups is 1. The summed E-state index contributed by atoms with van der Waals surface area (Å²) >= 11 is 0. The number of phenolic OH excluding ortho intramolecular Hbond substituents is 1. The second kappa shape index (κ2) is 4.78. The predicted molar refractivity (Wildman–Crippen MR) is 68.4 cm³/mol. The monoisotopic (exact) mass is 229 g/mol. The van der Waals surface area contributed by atoms with E-state index in [1.54, 1.807) is 12.1 Å². The molecule has 0 fully saturated rings. The number of rotatable bonds is 3. The Morgan fingerprint density at radius 2 is 1.82 bits per heavy atom. The summed E-state index contributed by atoms with van der Waals surface area (Å²) in [6.07, 6.45) is 0.710. The minimum Gasteiger partial charge on any atom is -0.505 e. The third kappa shape index (κ3) is 2.50. The maximum Gasteiger partial charge on any atom is 0.141 e. The lowest BCUT2D eigenvalue weighted by Crippen LogP contribution is -1.93. The molecule has 0 saturated heterocycles. The Labute approximate surface area is 100 Å². The van der Waals surface area contributed by atoms with Crippen molar-refractivity contribution in [1.82, 2.24) is 0 Å². The van der Waals surface area contributed by atoms with Crippen molar-refractivity contribution in [2.75, 3.05) is 5.73 Å². The van der Waals surface area contributed by atoms with Gasteiger partial charge in [0.05, 0.1) is 5.69 Å². The first kappa shape index (κ1) is 11.3. The first-order valence-corrected chi connectivity index (χ1v) is 5.55. The molecule has 0 spiro atoms. The lowest BCUT2D eigenvalue weighted by atomic mass is 10.1. The number of anilines is 1.